The van der Waals surface area contributed by atoms with Crippen LogP contribution in [0.3, 0.4) is 0 Å². The van der Waals surface area contributed by atoms with Crippen LogP contribution in [0.1, 0.15) is 18.9 Å². The van der Waals surface area contributed by atoms with Gasteiger partial charge in [0.15, 0.2) is 0 Å². The molecule has 0 radical (unpaired) electrons. The highest BCUT2D eigenvalue weighted by molar-refractivity contribution is 7.14. The summed E-state index contributed by atoms with van der Waals surface area (Å²) in [5.74, 6) is 0.594. The van der Waals surface area contributed by atoms with Crippen LogP contribution in [0.15, 0.2) is 11.4 Å². The lowest BCUT2D eigenvalue weighted by Crippen LogP contribution is -2.45. The minimum absolute atomic E-state index is 0.374. The first-order valence-corrected chi connectivity index (χ1v) is 6.62. The predicted octanol–water partition coefficient (Wildman–Crippen LogP) is 2.57. The fraction of sp³-hybridized carbons (Fsp3) is 0.636. The van der Waals surface area contributed by atoms with Crippen molar-refractivity contribution in [3.63, 3.8) is 0 Å². The topological polar surface area (TPSA) is 29.3 Å². The Balaban J connectivity index is 1.94. The lowest BCUT2D eigenvalue weighted by Gasteiger charge is -2.34. The van der Waals surface area contributed by atoms with Gasteiger partial charge in [-0.1, -0.05) is 18.5 Å². The fourth-order valence-corrected chi connectivity index (χ4v) is 2.98. The van der Waals surface area contributed by atoms with E-state index in [0.717, 1.165) is 30.4 Å². The zero-order valence-electron chi connectivity index (χ0n) is 8.95. The van der Waals surface area contributed by atoms with Gasteiger partial charge in [-0.05, 0) is 35.9 Å². The van der Waals surface area contributed by atoms with Gasteiger partial charge in [0.25, 0.3) is 0 Å². The van der Waals surface area contributed by atoms with Gasteiger partial charge in [-0.2, -0.15) is 0 Å². The third-order valence-corrected chi connectivity index (χ3v) is 4.39. The average Bonchev–Trinajstić information content (AvgIpc) is 2.59. The van der Waals surface area contributed by atoms with Crippen molar-refractivity contribution in [1.82, 2.24) is 4.90 Å². The van der Waals surface area contributed by atoms with Gasteiger partial charge in [0.1, 0.15) is 0 Å². The Morgan fingerprint density at radius 3 is 3.07 bits per heavy atom. The van der Waals surface area contributed by atoms with E-state index in [1.54, 1.807) is 11.3 Å². The quantitative estimate of drug-likeness (QED) is 0.867. The van der Waals surface area contributed by atoms with Gasteiger partial charge in [0.2, 0.25) is 0 Å². The first kappa shape index (κ1) is 11.4. The Bertz CT molecular complexity index is 326. The van der Waals surface area contributed by atoms with Crippen molar-refractivity contribution in [1.29, 1.82) is 0 Å². The number of thiophene rings is 1. The molecule has 2 N–H and O–H groups in total. The third-order valence-electron chi connectivity index (χ3n) is 3.14. The van der Waals surface area contributed by atoms with E-state index in [9.17, 15) is 0 Å². The summed E-state index contributed by atoms with van der Waals surface area (Å²) < 4.78 is 0.928. The summed E-state index contributed by atoms with van der Waals surface area (Å²) >= 11 is 7.70. The molecule has 1 aromatic rings. The van der Waals surface area contributed by atoms with Crippen molar-refractivity contribution in [2.45, 2.75) is 25.9 Å². The van der Waals surface area contributed by atoms with E-state index in [2.05, 4.69) is 23.3 Å². The van der Waals surface area contributed by atoms with Crippen LogP contribution in [-0.2, 0) is 6.54 Å². The molecule has 4 heteroatoms. The van der Waals surface area contributed by atoms with Crippen molar-refractivity contribution >= 4 is 22.9 Å². The van der Waals surface area contributed by atoms with Crippen molar-refractivity contribution in [2.24, 2.45) is 11.7 Å². The van der Waals surface area contributed by atoms with Crippen molar-refractivity contribution in [3.8, 4) is 0 Å². The standard InChI is InChI=1S/C11H17ClN2S/c1-8-6-14(4-2-10(8)13)7-9-3-5-15-11(9)12/h3,5,8,10H,2,4,6-7,13H2,1H3. The molecule has 0 amide bonds. The molecule has 0 aliphatic carbocycles. The molecule has 1 aliphatic rings. The van der Waals surface area contributed by atoms with Crippen molar-refractivity contribution in [2.75, 3.05) is 13.1 Å². The van der Waals surface area contributed by atoms with Crippen LogP contribution < -0.4 is 5.73 Å². The molecule has 2 nitrogen and oxygen atoms in total. The summed E-state index contributed by atoms with van der Waals surface area (Å²) in [5, 5.41) is 2.05. The molecule has 2 atom stereocenters. The molecule has 1 fully saturated rings. The molecule has 0 spiro atoms. The lowest BCUT2D eigenvalue weighted by atomic mass is 9.95. The first-order chi connectivity index (χ1) is 7.16. The Morgan fingerprint density at radius 2 is 2.47 bits per heavy atom. The number of nitrogens with zero attached hydrogens (tertiary/aromatic N) is 1. The van der Waals surface area contributed by atoms with E-state index >= 15 is 0 Å². The SMILES string of the molecule is CC1CN(Cc2ccsc2Cl)CCC1N. The summed E-state index contributed by atoms with van der Waals surface area (Å²) in [5.41, 5.74) is 7.25. The molecular weight excluding hydrogens is 228 g/mol. The second-order valence-corrected chi connectivity index (χ2v) is 5.90. The number of likely N-dealkylation sites (tertiary alicyclic amines) is 1. The number of hydrogen-bond donors (Lipinski definition) is 1. The van der Waals surface area contributed by atoms with Crippen LogP contribution >= 0.6 is 22.9 Å². The highest BCUT2D eigenvalue weighted by Crippen LogP contribution is 2.25. The molecule has 2 heterocycles. The average molecular weight is 245 g/mol. The second-order valence-electron chi connectivity index (χ2n) is 4.38. The molecule has 0 saturated carbocycles. The summed E-state index contributed by atoms with van der Waals surface area (Å²) in [6.45, 7) is 5.39. The summed E-state index contributed by atoms with van der Waals surface area (Å²) in [6.07, 6.45) is 1.10. The van der Waals surface area contributed by atoms with Crippen LogP contribution in [0.5, 0.6) is 0 Å². The number of halogens is 1. The Hall–Kier alpha value is -0.0900. The van der Waals surface area contributed by atoms with E-state index in [1.165, 1.54) is 5.56 Å². The molecule has 2 rings (SSSR count). The molecule has 2 unspecified atom stereocenters. The van der Waals surface area contributed by atoms with Gasteiger partial charge in [-0.25, -0.2) is 0 Å². The number of hydrogen-bond acceptors (Lipinski definition) is 3. The van der Waals surface area contributed by atoms with Crippen molar-refractivity contribution < 1.29 is 0 Å². The monoisotopic (exact) mass is 244 g/mol. The predicted molar refractivity (Wildman–Crippen MR) is 66.4 cm³/mol. The Labute approximate surface area is 100 Å². The Morgan fingerprint density at radius 1 is 1.67 bits per heavy atom. The minimum Gasteiger partial charge on any atom is -0.327 e. The van der Waals surface area contributed by atoms with Crippen molar-refractivity contribution in [3.05, 3.63) is 21.3 Å². The minimum atomic E-state index is 0.374. The highest BCUT2D eigenvalue weighted by atomic mass is 35.5. The molecular formula is C11H17ClN2S. The molecule has 1 aliphatic heterocycles. The molecule has 0 bridgehead atoms. The molecule has 1 aromatic heterocycles. The van der Waals surface area contributed by atoms with Crippen LogP contribution in [-0.4, -0.2) is 24.0 Å². The van der Waals surface area contributed by atoms with Crippen LogP contribution in [0.4, 0.5) is 0 Å². The maximum Gasteiger partial charge on any atom is 0.0973 e. The molecule has 84 valence electrons. The number of nitrogens with two attached hydrogens (primary N) is 1. The third kappa shape index (κ3) is 2.72. The molecule has 0 aromatic carbocycles. The maximum atomic E-state index is 6.09. The summed E-state index contributed by atoms with van der Waals surface area (Å²) in [6, 6.07) is 2.49. The van der Waals surface area contributed by atoms with E-state index in [1.807, 2.05) is 0 Å². The van der Waals surface area contributed by atoms with Crippen LogP contribution in [0.2, 0.25) is 4.34 Å². The van der Waals surface area contributed by atoms with E-state index in [0.29, 0.717) is 12.0 Å². The number of piperidine rings is 1. The van der Waals surface area contributed by atoms with Crippen LogP contribution in [0.25, 0.3) is 0 Å². The Kier molecular flexibility index (Phi) is 3.67. The van der Waals surface area contributed by atoms with Gasteiger partial charge in [0, 0.05) is 19.1 Å². The summed E-state index contributed by atoms with van der Waals surface area (Å²) in [4.78, 5) is 2.45. The van der Waals surface area contributed by atoms with E-state index < -0.39 is 0 Å². The normalized spacial score (nSPS) is 28.2. The van der Waals surface area contributed by atoms with E-state index in [-0.39, 0.29) is 0 Å². The largest absolute Gasteiger partial charge is 0.327 e. The molecule has 15 heavy (non-hydrogen) atoms. The van der Waals surface area contributed by atoms with E-state index in [4.69, 9.17) is 17.3 Å². The first-order valence-electron chi connectivity index (χ1n) is 5.36. The van der Waals surface area contributed by atoms with Gasteiger partial charge >= 0.3 is 0 Å². The maximum absolute atomic E-state index is 6.09. The zero-order chi connectivity index (χ0) is 10.8. The fourth-order valence-electron chi connectivity index (χ4n) is 2.07. The van der Waals surface area contributed by atoms with Gasteiger partial charge in [-0.3, -0.25) is 4.90 Å². The van der Waals surface area contributed by atoms with Gasteiger partial charge in [-0.15, -0.1) is 11.3 Å². The highest BCUT2D eigenvalue weighted by Gasteiger charge is 2.23. The van der Waals surface area contributed by atoms with Gasteiger partial charge < -0.3 is 5.73 Å². The van der Waals surface area contributed by atoms with Crippen LogP contribution in [0, 0.1) is 5.92 Å². The van der Waals surface area contributed by atoms with Gasteiger partial charge in [0.05, 0.1) is 4.34 Å². The smallest absolute Gasteiger partial charge is 0.0973 e. The second kappa shape index (κ2) is 4.83. The zero-order valence-corrected chi connectivity index (χ0v) is 10.5. The molecule has 1 saturated heterocycles. The lowest BCUT2D eigenvalue weighted by molar-refractivity contribution is 0.158. The summed E-state index contributed by atoms with van der Waals surface area (Å²) in [7, 11) is 0. The number of rotatable bonds is 2.